The van der Waals surface area contributed by atoms with Crippen LogP contribution in [0.15, 0.2) is 30.5 Å². The molecule has 1 N–H and O–H groups in total. The van der Waals surface area contributed by atoms with Crippen LogP contribution in [0.1, 0.15) is 32.6 Å². The lowest BCUT2D eigenvalue weighted by Crippen LogP contribution is -2.44. The van der Waals surface area contributed by atoms with Gasteiger partial charge in [0.05, 0.1) is 26.4 Å². The van der Waals surface area contributed by atoms with Crippen LogP contribution < -0.4 is 15.0 Å². The van der Waals surface area contributed by atoms with Gasteiger partial charge >= 0.3 is 6.09 Å². The quantitative estimate of drug-likeness (QED) is 0.694. The van der Waals surface area contributed by atoms with Gasteiger partial charge in [-0.25, -0.2) is 4.79 Å². The van der Waals surface area contributed by atoms with Gasteiger partial charge in [-0.1, -0.05) is 6.92 Å². The molecule has 4 heterocycles. The second-order valence-electron chi connectivity index (χ2n) is 9.39. The fourth-order valence-corrected chi connectivity index (χ4v) is 4.43. The van der Waals surface area contributed by atoms with E-state index >= 15 is 0 Å². The van der Waals surface area contributed by atoms with E-state index in [4.69, 9.17) is 14.2 Å². The summed E-state index contributed by atoms with van der Waals surface area (Å²) in [6, 6.07) is 7.29. The molecule has 0 unspecified atom stereocenters. The van der Waals surface area contributed by atoms with Crippen molar-refractivity contribution in [1.29, 1.82) is 0 Å². The number of hydrogen-bond acceptors (Lipinski definition) is 9. The molecule has 0 bridgehead atoms. The number of carbonyl (C=O) groups excluding carboxylic acids is 1. The third-order valence-corrected chi connectivity index (χ3v) is 6.50. The van der Waals surface area contributed by atoms with E-state index in [2.05, 4.69) is 32.6 Å². The Morgan fingerprint density at radius 2 is 2.03 bits per heavy atom. The minimum Gasteiger partial charge on any atom is -0.476 e. The van der Waals surface area contributed by atoms with Crippen molar-refractivity contribution < 1.29 is 19.0 Å². The van der Waals surface area contributed by atoms with Gasteiger partial charge in [0.1, 0.15) is 11.4 Å². The highest BCUT2D eigenvalue weighted by Gasteiger charge is 2.48. The average molecular weight is 441 g/mol. The van der Waals surface area contributed by atoms with Gasteiger partial charge in [-0.3, -0.25) is 4.90 Å². The highest BCUT2D eigenvalue weighted by atomic mass is 16.6. The molecule has 10 heteroatoms. The number of amides is 1. The standard InChI is InChI=1S/C22H28N6O4/c1-21(13-30-14-21)15-31-19-5-4-17(25-27-19)23-11-16-6-8-22(9-7-16)12-28(20(29)32-22)18-3-2-10-24-26-18/h2-5,10,16H,6-9,11-15H2,1H3,(H,23,25)/t16-,22-. The van der Waals surface area contributed by atoms with Crippen LogP contribution in [0.25, 0.3) is 0 Å². The van der Waals surface area contributed by atoms with Gasteiger partial charge in [0.15, 0.2) is 5.82 Å². The molecule has 1 amide bonds. The lowest BCUT2D eigenvalue weighted by atomic mass is 9.78. The molecule has 1 saturated carbocycles. The highest BCUT2D eigenvalue weighted by molar-refractivity contribution is 5.89. The van der Waals surface area contributed by atoms with Crippen molar-refractivity contribution in [2.24, 2.45) is 11.3 Å². The molecule has 1 aliphatic carbocycles. The van der Waals surface area contributed by atoms with E-state index in [0.717, 1.165) is 51.3 Å². The SMILES string of the molecule is CC1(COc2ccc(NC[C@H]3CC[C@]4(CC3)CN(c3cccnn3)C(=O)O4)nn2)COC1. The Bertz CT molecular complexity index is 929. The van der Waals surface area contributed by atoms with Crippen molar-refractivity contribution in [3.63, 3.8) is 0 Å². The summed E-state index contributed by atoms with van der Waals surface area (Å²) in [5, 5.41) is 19.7. The van der Waals surface area contributed by atoms with Crippen LogP contribution in [0.2, 0.25) is 0 Å². The molecule has 2 aromatic heterocycles. The van der Waals surface area contributed by atoms with Crippen LogP contribution in [0, 0.1) is 11.3 Å². The summed E-state index contributed by atoms with van der Waals surface area (Å²) in [6.45, 7) is 5.50. The molecule has 2 aliphatic heterocycles. The van der Waals surface area contributed by atoms with E-state index < -0.39 is 5.60 Å². The van der Waals surface area contributed by atoms with Crippen LogP contribution in [-0.4, -0.2) is 65.0 Å². The highest BCUT2D eigenvalue weighted by Crippen LogP contribution is 2.40. The third kappa shape index (κ3) is 4.45. The first kappa shape index (κ1) is 20.9. The predicted octanol–water partition coefficient (Wildman–Crippen LogP) is 2.68. The van der Waals surface area contributed by atoms with E-state index in [9.17, 15) is 4.79 Å². The number of rotatable bonds is 7. The van der Waals surface area contributed by atoms with Crippen LogP contribution in [0.5, 0.6) is 5.88 Å². The van der Waals surface area contributed by atoms with Crippen molar-refractivity contribution in [3.8, 4) is 5.88 Å². The molecule has 0 aromatic carbocycles. The van der Waals surface area contributed by atoms with Crippen LogP contribution in [0.3, 0.4) is 0 Å². The summed E-state index contributed by atoms with van der Waals surface area (Å²) in [6.07, 6.45) is 4.88. The van der Waals surface area contributed by atoms with Gasteiger partial charge in [-0.15, -0.1) is 15.3 Å². The van der Waals surface area contributed by atoms with Crippen LogP contribution in [0.4, 0.5) is 16.4 Å². The number of carbonyl (C=O) groups is 1. The maximum atomic E-state index is 12.4. The van der Waals surface area contributed by atoms with Crippen molar-refractivity contribution >= 4 is 17.7 Å². The molecule has 0 radical (unpaired) electrons. The maximum Gasteiger partial charge on any atom is 0.416 e. The second-order valence-corrected chi connectivity index (χ2v) is 9.39. The fourth-order valence-electron chi connectivity index (χ4n) is 4.43. The second kappa shape index (κ2) is 8.50. The molecule has 170 valence electrons. The van der Waals surface area contributed by atoms with Crippen molar-refractivity contribution in [2.45, 2.75) is 38.2 Å². The normalized spacial score (nSPS) is 26.5. The minimum absolute atomic E-state index is 0.0795. The first-order valence-electron chi connectivity index (χ1n) is 11.1. The number of aromatic nitrogens is 4. The van der Waals surface area contributed by atoms with Gasteiger partial charge in [0, 0.05) is 24.2 Å². The Kier molecular flexibility index (Phi) is 5.54. The smallest absolute Gasteiger partial charge is 0.416 e. The molecule has 2 aromatic rings. The molecule has 10 nitrogen and oxygen atoms in total. The molecule has 3 aliphatic rings. The monoisotopic (exact) mass is 440 g/mol. The Morgan fingerprint density at radius 1 is 1.19 bits per heavy atom. The van der Waals surface area contributed by atoms with Crippen LogP contribution in [-0.2, 0) is 9.47 Å². The van der Waals surface area contributed by atoms with E-state index in [1.54, 1.807) is 23.2 Å². The Morgan fingerprint density at radius 3 is 2.69 bits per heavy atom. The van der Waals surface area contributed by atoms with Gasteiger partial charge in [0.25, 0.3) is 0 Å². The molecule has 32 heavy (non-hydrogen) atoms. The van der Waals surface area contributed by atoms with E-state index in [1.165, 1.54) is 0 Å². The summed E-state index contributed by atoms with van der Waals surface area (Å²) >= 11 is 0. The molecule has 5 rings (SSSR count). The van der Waals surface area contributed by atoms with E-state index in [0.29, 0.717) is 30.8 Å². The number of nitrogens with zero attached hydrogens (tertiary/aromatic N) is 5. The van der Waals surface area contributed by atoms with Crippen molar-refractivity contribution in [1.82, 2.24) is 20.4 Å². The summed E-state index contributed by atoms with van der Waals surface area (Å²) in [5.74, 6) is 2.29. The Hall–Kier alpha value is -3.01. The van der Waals surface area contributed by atoms with Gasteiger partial charge in [-0.05, 0) is 49.8 Å². The maximum absolute atomic E-state index is 12.4. The van der Waals surface area contributed by atoms with Gasteiger partial charge < -0.3 is 19.5 Å². The molecule has 2 saturated heterocycles. The first-order chi connectivity index (χ1) is 15.5. The zero-order valence-electron chi connectivity index (χ0n) is 18.2. The third-order valence-electron chi connectivity index (χ3n) is 6.50. The number of anilines is 2. The topological polar surface area (TPSA) is 112 Å². The molecule has 0 atom stereocenters. The number of nitrogens with one attached hydrogen (secondary N) is 1. The molecule has 1 spiro atoms. The minimum atomic E-state index is -0.425. The molecular weight excluding hydrogens is 412 g/mol. The van der Waals surface area contributed by atoms with E-state index in [-0.39, 0.29) is 11.5 Å². The first-order valence-corrected chi connectivity index (χ1v) is 11.1. The molecule has 3 fully saturated rings. The van der Waals surface area contributed by atoms with Crippen molar-refractivity contribution in [3.05, 3.63) is 30.5 Å². The largest absolute Gasteiger partial charge is 0.476 e. The number of ether oxygens (including phenoxy) is 3. The fraction of sp³-hybridized carbons (Fsp3) is 0.591. The van der Waals surface area contributed by atoms with Gasteiger partial charge in [-0.2, -0.15) is 5.10 Å². The predicted molar refractivity (Wildman–Crippen MR) is 115 cm³/mol. The average Bonchev–Trinajstić information content (AvgIpc) is 3.13. The molecular formula is C22H28N6O4. The Balaban J connectivity index is 1.08. The Labute approximate surface area is 186 Å². The zero-order valence-corrected chi connectivity index (χ0v) is 18.2. The van der Waals surface area contributed by atoms with Gasteiger partial charge in [0.2, 0.25) is 5.88 Å². The van der Waals surface area contributed by atoms with Crippen molar-refractivity contribution in [2.75, 3.05) is 43.1 Å². The summed E-state index contributed by atoms with van der Waals surface area (Å²) in [7, 11) is 0. The lowest BCUT2D eigenvalue weighted by molar-refractivity contribution is -0.120. The number of hydrogen-bond donors (Lipinski definition) is 1. The zero-order chi connectivity index (χ0) is 22.0. The summed E-state index contributed by atoms with van der Waals surface area (Å²) in [5.41, 5.74) is -0.345. The van der Waals surface area contributed by atoms with E-state index in [1.807, 2.05) is 12.1 Å². The summed E-state index contributed by atoms with van der Waals surface area (Å²) in [4.78, 5) is 14.0. The summed E-state index contributed by atoms with van der Waals surface area (Å²) < 4.78 is 16.8. The lowest BCUT2D eigenvalue weighted by Gasteiger charge is -2.37. The van der Waals surface area contributed by atoms with Crippen LogP contribution >= 0.6 is 0 Å².